The Kier molecular flexibility index (Phi) is 4.70. The molecule has 2 fully saturated rings. The highest BCUT2D eigenvalue weighted by Crippen LogP contribution is 2.31. The summed E-state index contributed by atoms with van der Waals surface area (Å²) in [4.78, 5) is 6.97. The lowest BCUT2D eigenvalue weighted by Gasteiger charge is -2.35. The normalized spacial score (nSPS) is 20.3. The fourth-order valence-corrected chi connectivity index (χ4v) is 3.44. The van der Waals surface area contributed by atoms with E-state index in [0.717, 1.165) is 48.4 Å². The lowest BCUT2D eigenvalue weighted by Crippen LogP contribution is -2.36. The van der Waals surface area contributed by atoms with Crippen LogP contribution in [-0.2, 0) is 6.54 Å². The van der Waals surface area contributed by atoms with Gasteiger partial charge in [0, 0.05) is 31.9 Å². The Bertz CT molecular complexity index is 477. The average Bonchev–Trinajstić information content (AvgIpc) is 3.29. The van der Waals surface area contributed by atoms with Crippen molar-refractivity contribution in [1.82, 2.24) is 10.3 Å². The Balaban J connectivity index is 1.60. The Morgan fingerprint density at radius 1 is 1.29 bits per heavy atom. The van der Waals surface area contributed by atoms with Gasteiger partial charge in [-0.1, -0.05) is 25.4 Å². The van der Waals surface area contributed by atoms with Gasteiger partial charge in [-0.2, -0.15) is 0 Å². The van der Waals surface area contributed by atoms with E-state index in [-0.39, 0.29) is 0 Å². The van der Waals surface area contributed by atoms with Crippen molar-refractivity contribution in [3.8, 4) is 0 Å². The molecule has 1 saturated heterocycles. The molecule has 0 bridgehead atoms. The lowest BCUT2D eigenvalue weighted by atomic mass is 9.87. The maximum absolute atomic E-state index is 6.46. The predicted octanol–water partition coefficient (Wildman–Crippen LogP) is 3.86. The molecule has 1 aromatic heterocycles. The minimum absolute atomic E-state index is 0.721. The van der Waals surface area contributed by atoms with Gasteiger partial charge in [0.2, 0.25) is 0 Å². The average molecular weight is 308 g/mol. The zero-order valence-electron chi connectivity index (χ0n) is 13.1. The van der Waals surface area contributed by atoms with Gasteiger partial charge in [0.15, 0.2) is 0 Å². The molecule has 1 aliphatic carbocycles. The first-order valence-corrected chi connectivity index (χ1v) is 8.64. The summed E-state index contributed by atoms with van der Waals surface area (Å²) in [5.41, 5.74) is 1.19. The van der Waals surface area contributed by atoms with Crippen LogP contribution in [0, 0.1) is 11.8 Å². The van der Waals surface area contributed by atoms with Crippen LogP contribution in [0.4, 0.5) is 5.82 Å². The van der Waals surface area contributed by atoms with Gasteiger partial charge in [0.25, 0.3) is 0 Å². The van der Waals surface area contributed by atoms with Gasteiger partial charge in [-0.3, -0.25) is 0 Å². The van der Waals surface area contributed by atoms with Crippen LogP contribution in [-0.4, -0.2) is 24.1 Å². The van der Waals surface area contributed by atoms with Gasteiger partial charge in [-0.15, -0.1) is 0 Å². The van der Waals surface area contributed by atoms with Gasteiger partial charge in [-0.25, -0.2) is 4.98 Å². The van der Waals surface area contributed by atoms with Gasteiger partial charge in [0.05, 0.1) is 5.02 Å². The molecule has 1 aliphatic heterocycles. The van der Waals surface area contributed by atoms with Gasteiger partial charge in [-0.05, 0) is 49.1 Å². The third-order valence-electron chi connectivity index (χ3n) is 4.83. The summed E-state index contributed by atoms with van der Waals surface area (Å²) in [6.45, 7) is 7.69. The summed E-state index contributed by atoms with van der Waals surface area (Å²) >= 11 is 6.46. The van der Waals surface area contributed by atoms with Crippen LogP contribution in [0.5, 0.6) is 0 Å². The van der Waals surface area contributed by atoms with Crippen LogP contribution in [0.3, 0.4) is 0 Å². The Hall–Kier alpha value is -0.800. The first kappa shape index (κ1) is 15.1. The minimum atomic E-state index is 0.721. The van der Waals surface area contributed by atoms with Crippen molar-refractivity contribution in [2.24, 2.45) is 11.8 Å². The van der Waals surface area contributed by atoms with E-state index in [2.05, 4.69) is 35.1 Å². The smallest absolute Gasteiger partial charge is 0.147 e. The number of halogens is 1. The third kappa shape index (κ3) is 3.89. The third-order valence-corrected chi connectivity index (χ3v) is 5.11. The summed E-state index contributed by atoms with van der Waals surface area (Å²) in [5.74, 6) is 2.60. The van der Waals surface area contributed by atoms with E-state index in [4.69, 9.17) is 11.6 Å². The molecule has 0 amide bonds. The molecule has 0 aromatic carbocycles. The molecule has 4 heteroatoms. The van der Waals surface area contributed by atoms with Crippen molar-refractivity contribution < 1.29 is 0 Å². The molecule has 0 unspecified atom stereocenters. The highest BCUT2D eigenvalue weighted by molar-refractivity contribution is 6.33. The standard InChI is InChI=1S/C17H26ClN3/c1-12(2)14-5-7-21(8-6-14)17-16(18)9-13(11-20-17)10-19-15-3-4-15/h9,11-12,14-15,19H,3-8,10H2,1-2H3. The van der Waals surface area contributed by atoms with Crippen LogP contribution in [0.2, 0.25) is 5.02 Å². The molecule has 0 radical (unpaired) electrons. The quantitative estimate of drug-likeness (QED) is 0.895. The number of piperidine rings is 1. The van der Waals surface area contributed by atoms with Crippen molar-refractivity contribution in [3.63, 3.8) is 0 Å². The number of hydrogen-bond donors (Lipinski definition) is 1. The van der Waals surface area contributed by atoms with Crippen LogP contribution in [0.1, 0.15) is 45.1 Å². The highest BCUT2D eigenvalue weighted by Gasteiger charge is 2.24. The summed E-state index contributed by atoms with van der Waals surface area (Å²) in [6.07, 6.45) is 7.10. The summed E-state index contributed by atoms with van der Waals surface area (Å²) < 4.78 is 0. The SMILES string of the molecule is CC(C)C1CCN(c2ncc(CNC3CC3)cc2Cl)CC1. The molecular weight excluding hydrogens is 282 g/mol. The number of pyridine rings is 1. The van der Waals surface area contributed by atoms with E-state index in [9.17, 15) is 0 Å². The molecule has 1 saturated carbocycles. The van der Waals surface area contributed by atoms with Crippen molar-refractivity contribution in [3.05, 3.63) is 22.8 Å². The fourth-order valence-electron chi connectivity index (χ4n) is 3.13. The second-order valence-electron chi connectivity index (χ2n) is 6.87. The molecule has 3 nitrogen and oxygen atoms in total. The molecule has 2 aliphatic rings. The van der Waals surface area contributed by atoms with Crippen LogP contribution < -0.4 is 10.2 Å². The molecule has 3 rings (SSSR count). The topological polar surface area (TPSA) is 28.2 Å². The fraction of sp³-hybridized carbons (Fsp3) is 0.706. The van der Waals surface area contributed by atoms with E-state index in [1.54, 1.807) is 0 Å². The summed E-state index contributed by atoms with van der Waals surface area (Å²) in [7, 11) is 0. The Morgan fingerprint density at radius 3 is 2.57 bits per heavy atom. The molecule has 1 N–H and O–H groups in total. The van der Waals surface area contributed by atoms with Gasteiger partial charge >= 0.3 is 0 Å². The van der Waals surface area contributed by atoms with E-state index in [1.165, 1.54) is 31.2 Å². The number of rotatable bonds is 5. The maximum Gasteiger partial charge on any atom is 0.147 e. The van der Waals surface area contributed by atoms with Crippen LogP contribution in [0.15, 0.2) is 12.3 Å². The Labute approximate surface area is 133 Å². The van der Waals surface area contributed by atoms with Crippen molar-refractivity contribution >= 4 is 17.4 Å². The maximum atomic E-state index is 6.46. The largest absolute Gasteiger partial charge is 0.355 e. The zero-order chi connectivity index (χ0) is 14.8. The molecule has 0 spiro atoms. The van der Waals surface area contributed by atoms with E-state index >= 15 is 0 Å². The molecule has 2 heterocycles. The van der Waals surface area contributed by atoms with Crippen LogP contribution in [0.25, 0.3) is 0 Å². The van der Waals surface area contributed by atoms with Crippen molar-refractivity contribution in [2.75, 3.05) is 18.0 Å². The second kappa shape index (κ2) is 6.53. The van der Waals surface area contributed by atoms with Gasteiger partial charge in [0.1, 0.15) is 5.82 Å². The predicted molar refractivity (Wildman–Crippen MR) is 88.9 cm³/mol. The first-order chi connectivity index (χ1) is 10.1. The van der Waals surface area contributed by atoms with E-state index in [0.29, 0.717) is 0 Å². The Morgan fingerprint density at radius 2 is 2.00 bits per heavy atom. The molecular formula is C17H26ClN3. The number of nitrogens with zero attached hydrogens (tertiary/aromatic N) is 2. The van der Waals surface area contributed by atoms with Crippen molar-refractivity contribution in [2.45, 2.75) is 52.1 Å². The van der Waals surface area contributed by atoms with Gasteiger partial charge < -0.3 is 10.2 Å². The van der Waals surface area contributed by atoms with E-state index in [1.807, 2.05) is 6.20 Å². The minimum Gasteiger partial charge on any atom is -0.355 e. The molecule has 116 valence electrons. The summed E-state index contributed by atoms with van der Waals surface area (Å²) in [5, 5.41) is 4.30. The monoisotopic (exact) mass is 307 g/mol. The number of anilines is 1. The highest BCUT2D eigenvalue weighted by atomic mass is 35.5. The number of aromatic nitrogens is 1. The second-order valence-corrected chi connectivity index (χ2v) is 7.28. The number of hydrogen-bond acceptors (Lipinski definition) is 3. The zero-order valence-corrected chi connectivity index (χ0v) is 13.9. The number of nitrogens with one attached hydrogen (secondary N) is 1. The van der Waals surface area contributed by atoms with Crippen LogP contribution >= 0.6 is 11.6 Å². The van der Waals surface area contributed by atoms with Crippen molar-refractivity contribution in [1.29, 1.82) is 0 Å². The molecule has 1 aromatic rings. The molecule has 0 atom stereocenters. The molecule has 21 heavy (non-hydrogen) atoms. The van der Waals surface area contributed by atoms with E-state index < -0.39 is 0 Å². The lowest BCUT2D eigenvalue weighted by molar-refractivity contribution is 0.310. The first-order valence-electron chi connectivity index (χ1n) is 8.26. The summed E-state index contributed by atoms with van der Waals surface area (Å²) in [6, 6.07) is 2.80.